The highest BCUT2D eigenvalue weighted by Crippen LogP contribution is 2.18. The van der Waals surface area contributed by atoms with Crippen molar-refractivity contribution in [2.75, 3.05) is 0 Å². The number of benzene rings is 2. The summed E-state index contributed by atoms with van der Waals surface area (Å²) < 4.78 is 21.9. The van der Waals surface area contributed by atoms with Crippen LogP contribution in [0.15, 0.2) is 65.7 Å². The number of halogens is 1. The summed E-state index contributed by atoms with van der Waals surface area (Å²) in [5.74, 6) is 0.651. The molecule has 0 aliphatic heterocycles. The van der Waals surface area contributed by atoms with Crippen LogP contribution in [0.2, 0.25) is 0 Å². The molecule has 0 aliphatic rings. The lowest BCUT2D eigenvalue weighted by Crippen LogP contribution is -2.22. The smallest absolute Gasteiger partial charge is 0.251 e. The largest absolute Gasteiger partial charge is 0.487 e. The van der Waals surface area contributed by atoms with E-state index in [2.05, 4.69) is 15.3 Å². The van der Waals surface area contributed by atoms with Gasteiger partial charge in [-0.1, -0.05) is 12.1 Å². The van der Waals surface area contributed by atoms with Crippen molar-refractivity contribution in [3.8, 4) is 11.4 Å². The molecular formula is C22H19FN4O2S. The fraction of sp³-hybridized carbons (Fsp3) is 0.136. The van der Waals surface area contributed by atoms with Gasteiger partial charge in [-0.05, 0) is 42.8 Å². The van der Waals surface area contributed by atoms with Gasteiger partial charge in [0.25, 0.3) is 5.91 Å². The number of thiazole rings is 1. The minimum atomic E-state index is -0.375. The van der Waals surface area contributed by atoms with Crippen molar-refractivity contribution in [1.82, 2.24) is 19.9 Å². The van der Waals surface area contributed by atoms with Crippen molar-refractivity contribution in [3.05, 3.63) is 94.2 Å². The molecule has 0 saturated heterocycles. The van der Waals surface area contributed by atoms with E-state index in [1.54, 1.807) is 58.9 Å². The molecule has 0 bridgehead atoms. The zero-order valence-electron chi connectivity index (χ0n) is 16.2. The average Bonchev–Trinajstić information content (AvgIpc) is 3.42. The lowest BCUT2D eigenvalue weighted by atomic mass is 10.1. The van der Waals surface area contributed by atoms with Gasteiger partial charge in [0.05, 0.1) is 16.9 Å². The molecule has 0 fully saturated rings. The Morgan fingerprint density at radius 1 is 1.23 bits per heavy atom. The molecule has 0 atom stereocenters. The van der Waals surface area contributed by atoms with Crippen molar-refractivity contribution < 1.29 is 13.9 Å². The number of imidazole rings is 1. The Hall–Kier alpha value is -3.52. The summed E-state index contributed by atoms with van der Waals surface area (Å²) >= 11 is 1.50. The van der Waals surface area contributed by atoms with Crippen molar-refractivity contribution >= 4 is 17.2 Å². The summed E-state index contributed by atoms with van der Waals surface area (Å²) in [6.07, 6.45) is 3.33. The number of nitrogens with one attached hydrogen (secondary N) is 1. The Bertz CT molecular complexity index is 1160. The zero-order valence-corrected chi connectivity index (χ0v) is 17.0. The number of aryl methyl sites for hydroxylation is 1. The first-order valence-corrected chi connectivity index (χ1v) is 10.2. The molecule has 2 heterocycles. The van der Waals surface area contributed by atoms with Crippen molar-refractivity contribution in [2.45, 2.75) is 20.1 Å². The molecule has 30 heavy (non-hydrogen) atoms. The standard InChI is InChI=1S/C22H19FN4O2S/c1-15-24-7-8-27(15)21-6-5-16(9-20(21)23)11-25-22(28)17-3-2-4-19(10-17)29-12-18-13-30-14-26-18/h2-10,13-14H,11-12H2,1H3,(H,25,28). The third-order valence-electron chi connectivity index (χ3n) is 4.52. The summed E-state index contributed by atoms with van der Waals surface area (Å²) in [5, 5.41) is 4.73. The second kappa shape index (κ2) is 8.87. The highest BCUT2D eigenvalue weighted by atomic mass is 32.1. The van der Waals surface area contributed by atoms with Crippen LogP contribution in [0.25, 0.3) is 5.69 Å². The lowest BCUT2D eigenvalue weighted by Gasteiger charge is -2.10. The highest BCUT2D eigenvalue weighted by Gasteiger charge is 2.10. The van der Waals surface area contributed by atoms with Gasteiger partial charge in [0.15, 0.2) is 0 Å². The van der Waals surface area contributed by atoms with Crippen LogP contribution in [-0.2, 0) is 13.2 Å². The first kappa shape index (κ1) is 19.8. The average molecular weight is 422 g/mol. The number of rotatable bonds is 7. The van der Waals surface area contributed by atoms with Gasteiger partial charge >= 0.3 is 0 Å². The maximum absolute atomic E-state index is 14.5. The molecule has 0 spiro atoms. The van der Waals surface area contributed by atoms with Crippen LogP contribution in [0.4, 0.5) is 4.39 Å². The number of aromatic nitrogens is 3. The normalized spacial score (nSPS) is 10.7. The summed E-state index contributed by atoms with van der Waals surface area (Å²) in [5.41, 5.74) is 4.14. The molecule has 0 aliphatic carbocycles. The summed E-state index contributed by atoms with van der Waals surface area (Å²) in [6, 6.07) is 11.8. The third-order valence-corrected chi connectivity index (χ3v) is 5.15. The van der Waals surface area contributed by atoms with Gasteiger partial charge in [0, 0.05) is 29.9 Å². The van der Waals surface area contributed by atoms with E-state index in [0.717, 1.165) is 5.69 Å². The molecule has 152 valence electrons. The van der Waals surface area contributed by atoms with E-state index >= 15 is 0 Å². The Kier molecular flexibility index (Phi) is 5.85. The van der Waals surface area contributed by atoms with Crippen LogP contribution in [-0.4, -0.2) is 20.4 Å². The zero-order chi connectivity index (χ0) is 20.9. The first-order valence-electron chi connectivity index (χ1n) is 9.27. The topological polar surface area (TPSA) is 69.0 Å². The minimum Gasteiger partial charge on any atom is -0.487 e. The number of hydrogen-bond acceptors (Lipinski definition) is 5. The number of nitrogens with zero attached hydrogens (tertiary/aromatic N) is 3. The van der Waals surface area contributed by atoms with E-state index in [1.807, 2.05) is 12.3 Å². The lowest BCUT2D eigenvalue weighted by molar-refractivity contribution is 0.0950. The van der Waals surface area contributed by atoms with Crippen LogP contribution in [0.1, 0.15) is 27.4 Å². The Morgan fingerprint density at radius 3 is 2.87 bits per heavy atom. The van der Waals surface area contributed by atoms with Gasteiger partial charge < -0.3 is 14.6 Å². The van der Waals surface area contributed by atoms with Crippen molar-refractivity contribution in [2.24, 2.45) is 0 Å². The SMILES string of the molecule is Cc1nccn1-c1ccc(CNC(=O)c2cccc(OCc3cscn3)c2)cc1F. The quantitative estimate of drug-likeness (QED) is 0.483. The highest BCUT2D eigenvalue weighted by molar-refractivity contribution is 7.07. The van der Waals surface area contributed by atoms with Gasteiger partial charge in [-0.15, -0.1) is 11.3 Å². The number of hydrogen-bond donors (Lipinski definition) is 1. The fourth-order valence-electron chi connectivity index (χ4n) is 2.97. The van der Waals surface area contributed by atoms with Gasteiger partial charge in [0.1, 0.15) is 24.0 Å². The molecule has 6 nitrogen and oxygen atoms in total. The van der Waals surface area contributed by atoms with Crippen molar-refractivity contribution in [1.29, 1.82) is 0 Å². The molecule has 2 aromatic heterocycles. The molecule has 8 heteroatoms. The number of amides is 1. The van der Waals surface area contributed by atoms with Crippen LogP contribution in [0.3, 0.4) is 0 Å². The Balaban J connectivity index is 1.38. The van der Waals surface area contributed by atoms with Crippen LogP contribution < -0.4 is 10.1 Å². The fourth-order valence-corrected chi connectivity index (χ4v) is 3.51. The summed E-state index contributed by atoms with van der Waals surface area (Å²) in [7, 11) is 0. The molecule has 1 amide bonds. The van der Waals surface area contributed by atoms with Gasteiger partial charge in [0.2, 0.25) is 0 Å². The number of ether oxygens (including phenoxy) is 1. The van der Waals surface area contributed by atoms with E-state index < -0.39 is 0 Å². The van der Waals surface area contributed by atoms with Gasteiger partial charge in [-0.3, -0.25) is 4.79 Å². The van der Waals surface area contributed by atoms with E-state index in [9.17, 15) is 9.18 Å². The Morgan fingerprint density at radius 2 is 2.13 bits per heavy atom. The molecule has 2 aromatic carbocycles. The molecule has 0 saturated carbocycles. The van der Waals surface area contributed by atoms with Gasteiger partial charge in [-0.25, -0.2) is 14.4 Å². The van der Waals surface area contributed by atoms with Crippen LogP contribution >= 0.6 is 11.3 Å². The van der Waals surface area contributed by atoms with Crippen LogP contribution in [0.5, 0.6) is 5.75 Å². The first-order chi connectivity index (χ1) is 14.6. The third kappa shape index (κ3) is 4.55. The Labute approximate surface area is 177 Å². The van der Waals surface area contributed by atoms with E-state index in [1.165, 1.54) is 17.4 Å². The van der Waals surface area contributed by atoms with E-state index in [4.69, 9.17) is 4.74 Å². The van der Waals surface area contributed by atoms with E-state index in [0.29, 0.717) is 35.0 Å². The molecule has 0 unspecified atom stereocenters. The number of carbonyl (C=O) groups excluding carboxylic acids is 1. The molecule has 0 radical (unpaired) electrons. The monoisotopic (exact) mass is 422 g/mol. The molecule has 4 aromatic rings. The minimum absolute atomic E-state index is 0.211. The predicted octanol–water partition coefficient (Wildman–Crippen LogP) is 4.29. The maximum Gasteiger partial charge on any atom is 0.251 e. The van der Waals surface area contributed by atoms with Crippen LogP contribution in [0, 0.1) is 12.7 Å². The summed E-state index contributed by atoms with van der Waals surface area (Å²) in [6.45, 7) is 2.36. The second-order valence-electron chi connectivity index (χ2n) is 6.61. The number of carbonyl (C=O) groups is 1. The molecular weight excluding hydrogens is 403 g/mol. The van der Waals surface area contributed by atoms with Gasteiger partial charge in [-0.2, -0.15) is 0 Å². The predicted molar refractivity (Wildman–Crippen MR) is 112 cm³/mol. The van der Waals surface area contributed by atoms with E-state index in [-0.39, 0.29) is 18.3 Å². The maximum atomic E-state index is 14.5. The van der Waals surface area contributed by atoms with Crippen molar-refractivity contribution in [3.63, 3.8) is 0 Å². The molecule has 4 rings (SSSR count). The second-order valence-corrected chi connectivity index (χ2v) is 7.33. The molecule has 1 N–H and O–H groups in total. The summed E-state index contributed by atoms with van der Waals surface area (Å²) in [4.78, 5) is 20.8.